The number of carbonyl (C=O) groups is 3. The minimum Gasteiger partial charge on any atom is -0.508 e. The molecule has 0 saturated carbocycles. The minimum atomic E-state index is -1.22. The lowest BCUT2D eigenvalue weighted by Crippen LogP contribution is -2.52. The number of allylic oxidation sites excluding steroid dienone is 2. The van der Waals surface area contributed by atoms with E-state index in [4.69, 9.17) is 14.2 Å². The first-order valence-corrected chi connectivity index (χ1v) is 13.9. The number of ketones is 1. The van der Waals surface area contributed by atoms with E-state index in [0.29, 0.717) is 24.2 Å². The van der Waals surface area contributed by atoms with Gasteiger partial charge < -0.3 is 29.7 Å². The standard InChI is InChI=1S/C31H39NO8/c1-6-20-8-9-24(34)26(13-17(2)3)38-30(37)18(4)7-10-27(36)32-23-15-21(33)14-22-28-19(5)25(35)16-31(39-28,12-11-20)40-29(22)23/h7-9,13-15,19-20,24,26,28,33-34H,6,10-12,16H2,1-5H3,(H,32,36)/t19-,20+,24+,26+,28+,31+/m1/s1. The van der Waals surface area contributed by atoms with Gasteiger partial charge in [0.15, 0.2) is 5.75 Å². The summed E-state index contributed by atoms with van der Waals surface area (Å²) in [5, 5.41) is 24.1. The Morgan fingerprint density at radius 2 is 1.95 bits per heavy atom. The van der Waals surface area contributed by atoms with Crippen molar-refractivity contribution in [2.24, 2.45) is 11.8 Å². The highest BCUT2D eigenvalue weighted by atomic mass is 16.7. The molecule has 3 aliphatic heterocycles. The monoisotopic (exact) mass is 553 g/mol. The molecule has 3 heterocycles. The minimum absolute atomic E-state index is 0.00368. The molecule has 4 rings (SSSR count). The number of nitrogens with one attached hydrogen (secondary N) is 1. The van der Waals surface area contributed by atoms with Gasteiger partial charge >= 0.3 is 5.97 Å². The number of rotatable bonds is 2. The van der Waals surface area contributed by atoms with Crippen LogP contribution in [0.2, 0.25) is 0 Å². The summed E-state index contributed by atoms with van der Waals surface area (Å²) in [5.41, 5.74) is 1.86. The Kier molecular flexibility index (Phi) is 8.85. The van der Waals surface area contributed by atoms with Crippen molar-refractivity contribution in [3.8, 4) is 11.5 Å². The van der Waals surface area contributed by atoms with E-state index in [-0.39, 0.29) is 41.6 Å². The first-order chi connectivity index (χ1) is 18.9. The predicted octanol–water partition coefficient (Wildman–Crippen LogP) is 5.04. The number of cyclic esters (lactones) is 1. The number of hydrogen-bond donors (Lipinski definition) is 3. The van der Waals surface area contributed by atoms with Gasteiger partial charge in [-0.05, 0) is 51.7 Å². The molecule has 3 aliphatic rings. The summed E-state index contributed by atoms with van der Waals surface area (Å²) >= 11 is 0. The Morgan fingerprint density at radius 3 is 2.65 bits per heavy atom. The third-order valence-electron chi connectivity index (χ3n) is 7.71. The lowest BCUT2D eigenvalue weighted by Gasteiger charge is -2.48. The second-order valence-electron chi connectivity index (χ2n) is 11.2. The normalized spacial score (nSPS) is 31.1. The molecule has 6 atom stereocenters. The van der Waals surface area contributed by atoms with E-state index in [1.54, 1.807) is 26.0 Å². The van der Waals surface area contributed by atoms with Crippen molar-refractivity contribution in [2.75, 3.05) is 5.32 Å². The molecule has 1 saturated heterocycles. The van der Waals surface area contributed by atoms with Crippen LogP contribution >= 0.6 is 0 Å². The van der Waals surface area contributed by atoms with Gasteiger partial charge in [0, 0.05) is 36.0 Å². The first-order valence-electron chi connectivity index (χ1n) is 13.9. The molecule has 1 aromatic rings. The Labute approximate surface area is 234 Å². The molecule has 9 nitrogen and oxygen atoms in total. The summed E-state index contributed by atoms with van der Waals surface area (Å²) in [6, 6.07) is 2.91. The summed E-state index contributed by atoms with van der Waals surface area (Å²) in [6.07, 6.45) is 5.71. The number of aromatic hydroxyl groups is 1. The van der Waals surface area contributed by atoms with Gasteiger partial charge in [0.2, 0.25) is 11.7 Å². The highest BCUT2D eigenvalue weighted by molar-refractivity contribution is 5.96. The lowest BCUT2D eigenvalue weighted by molar-refractivity contribution is -0.261. The average molecular weight is 554 g/mol. The molecule has 0 unspecified atom stereocenters. The molecule has 3 N–H and O–H groups in total. The van der Waals surface area contributed by atoms with E-state index in [1.165, 1.54) is 18.2 Å². The number of ether oxygens (including phenoxy) is 3. The number of Topliss-reactive ketones (excluding diaryl/α,β-unsaturated/α-hetero) is 1. The molecule has 1 fully saturated rings. The van der Waals surface area contributed by atoms with Crippen molar-refractivity contribution in [1.82, 2.24) is 0 Å². The molecule has 3 bridgehead atoms. The number of aliphatic hydroxyl groups excluding tert-OH is 1. The molecule has 1 aromatic carbocycles. The van der Waals surface area contributed by atoms with Gasteiger partial charge in [-0.3, -0.25) is 9.59 Å². The van der Waals surface area contributed by atoms with Crippen LogP contribution in [-0.4, -0.2) is 45.9 Å². The van der Waals surface area contributed by atoms with Gasteiger partial charge in [-0.15, -0.1) is 0 Å². The maximum atomic E-state index is 13.1. The second kappa shape index (κ2) is 12.0. The number of fused-ring (bicyclic) bond motifs is 2. The number of hydrogen-bond acceptors (Lipinski definition) is 8. The van der Waals surface area contributed by atoms with Crippen molar-refractivity contribution >= 4 is 23.3 Å². The maximum absolute atomic E-state index is 13.1. The fourth-order valence-electron chi connectivity index (χ4n) is 5.30. The summed E-state index contributed by atoms with van der Waals surface area (Å²) in [6.45, 7) is 9.06. The smallest absolute Gasteiger partial charge is 0.334 e. The van der Waals surface area contributed by atoms with Crippen molar-refractivity contribution in [2.45, 2.75) is 90.8 Å². The van der Waals surface area contributed by atoms with Crippen LogP contribution in [0.3, 0.4) is 0 Å². The third-order valence-corrected chi connectivity index (χ3v) is 7.71. The Bertz CT molecular complexity index is 1260. The molecule has 0 aliphatic carbocycles. The average Bonchev–Trinajstić information content (AvgIpc) is 2.89. The number of amides is 1. The van der Waals surface area contributed by atoms with E-state index in [0.717, 1.165) is 12.0 Å². The van der Waals surface area contributed by atoms with E-state index in [2.05, 4.69) is 5.32 Å². The molecule has 216 valence electrons. The van der Waals surface area contributed by atoms with Crippen LogP contribution in [-0.2, 0) is 23.9 Å². The van der Waals surface area contributed by atoms with E-state index >= 15 is 0 Å². The van der Waals surface area contributed by atoms with E-state index in [1.807, 2.05) is 26.8 Å². The molecule has 9 heteroatoms. The maximum Gasteiger partial charge on any atom is 0.334 e. The number of esters is 1. The van der Waals surface area contributed by atoms with Crippen LogP contribution in [0.4, 0.5) is 5.69 Å². The van der Waals surface area contributed by atoms with Gasteiger partial charge in [-0.2, -0.15) is 0 Å². The fraction of sp³-hybridized carbons (Fsp3) is 0.516. The summed E-state index contributed by atoms with van der Waals surface area (Å²) in [4.78, 5) is 38.8. The molecule has 0 radical (unpaired) electrons. The van der Waals surface area contributed by atoms with Crippen LogP contribution < -0.4 is 10.1 Å². The van der Waals surface area contributed by atoms with Crippen LogP contribution in [0.25, 0.3) is 0 Å². The SMILES string of the molecule is CC[C@H]1C=C[C@H](O)[C@H](C=C(C)C)OC(=O)C(C)=CCC(=O)Nc2cc(O)cc3c2O[C@@]2(CC1)CC(=O)[C@@H](C)[C@@H]3O2. The largest absolute Gasteiger partial charge is 0.508 e. The van der Waals surface area contributed by atoms with Crippen LogP contribution in [0.5, 0.6) is 11.5 Å². The molecule has 40 heavy (non-hydrogen) atoms. The highest BCUT2D eigenvalue weighted by Gasteiger charge is 2.52. The van der Waals surface area contributed by atoms with Crippen molar-refractivity contribution < 1.29 is 38.8 Å². The molecular formula is C31H39NO8. The van der Waals surface area contributed by atoms with Gasteiger partial charge in [-0.25, -0.2) is 4.79 Å². The number of benzene rings is 1. The summed E-state index contributed by atoms with van der Waals surface area (Å²) < 4.78 is 18.4. The lowest BCUT2D eigenvalue weighted by atomic mass is 9.82. The van der Waals surface area contributed by atoms with Gasteiger partial charge in [0.25, 0.3) is 0 Å². The zero-order valence-corrected chi connectivity index (χ0v) is 23.7. The van der Waals surface area contributed by atoms with Crippen LogP contribution in [0, 0.1) is 11.8 Å². The highest BCUT2D eigenvalue weighted by Crippen LogP contribution is 2.53. The van der Waals surface area contributed by atoms with Gasteiger partial charge in [0.05, 0.1) is 12.1 Å². The Hall–Kier alpha value is -3.43. The number of phenols is 1. The molecule has 1 amide bonds. The predicted molar refractivity (Wildman–Crippen MR) is 149 cm³/mol. The third kappa shape index (κ3) is 6.47. The number of anilines is 1. The molecular weight excluding hydrogens is 514 g/mol. The number of aliphatic hydroxyl groups is 1. The quantitative estimate of drug-likeness (QED) is 0.343. The van der Waals surface area contributed by atoms with E-state index < -0.39 is 41.9 Å². The molecule has 1 spiro atoms. The van der Waals surface area contributed by atoms with E-state index in [9.17, 15) is 24.6 Å². The van der Waals surface area contributed by atoms with Crippen molar-refractivity contribution in [3.05, 3.63) is 53.1 Å². The zero-order chi connectivity index (χ0) is 29.2. The first kappa shape index (κ1) is 29.6. The fourth-order valence-corrected chi connectivity index (χ4v) is 5.30. The summed E-state index contributed by atoms with van der Waals surface area (Å²) in [5.74, 6) is -2.46. The van der Waals surface area contributed by atoms with Gasteiger partial charge in [0.1, 0.15) is 29.8 Å². The number of carbonyl (C=O) groups excluding carboxylic acids is 3. The topological polar surface area (TPSA) is 131 Å². The zero-order valence-electron chi connectivity index (χ0n) is 23.7. The van der Waals surface area contributed by atoms with Crippen LogP contribution in [0.15, 0.2) is 47.6 Å². The van der Waals surface area contributed by atoms with Gasteiger partial charge in [-0.1, -0.05) is 37.6 Å². The van der Waals surface area contributed by atoms with Crippen molar-refractivity contribution in [1.29, 1.82) is 0 Å². The number of phenolic OH excluding ortho intramolecular Hbond substituents is 1. The second-order valence-corrected chi connectivity index (χ2v) is 11.2. The summed E-state index contributed by atoms with van der Waals surface area (Å²) in [7, 11) is 0. The van der Waals surface area contributed by atoms with Crippen LogP contribution in [0.1, 0.15) is 78.4 Å². The van der Waals surface area contributed by atoms with Crippen molar-refractivity contribution in [3.63, 3.8) is 0 Å². The Balaban J connectivity index is 1.76. The Morgan fingerprint density at radius 1 is 1.20 bits per heavy atom. The molecule has 0 aromatic heterocycles.